The molecule has 3 N–H and O–H groups in total. The Morgan fingerprint density at radius 1 is 1.31 bits per heavy atom. The van der Waals surface area contributed by atoms with E-state index in [1.165, 1.54) is 18.3 Å². The number of halogens is 3. The number of amides is 1. The fourth-order valence-electron chi connectivity index (χ4n) is 2.99. The van der Waals surface area contributed by atoms with Crippen LogP contribution in [0.1, 0.15) is 41.8 Å². The van der Waals surface area contributed by atoms with Crippen molar-refractivity contribution in [3.8, 4) is 0 Å². The number of rotatable bonds is 4. The molecule has 0 saturated heterocycles. The molecule has 0 bridgehead atoms. The SMILES string of the molecule is CC(C)C[C@@H](C(=O)O)N1Cc2c(cccc2C(F)(F)F)C1=O.Nc1cnccn1. The molecule has 1 aromatic heterocycles. The van der Waals surface area contributed by atoms with E-state index < -0.39 is 29.7 Å². The molecular weight excluding hydrogens is 389 g/mol. The summed E-state index contributed by atoms with van der Waals surface area (Å²) in [5, 5.41) is 9.29. The number of fused-ring (bicyclic) bond motifs is 1. The van der Waals surface area contributed by atoms with Gasteiger partial charge in [-0.05, 0) is 30.0 Å². The van der Waals surface area contributed by atoms with Crippen molar-refractivity contribution in [2.24, 2.45) is 5.92 Å². The van der Waals surface area contributed by atoms with Gasteiger partial charge in [0.15, 0.2) is 0 Å². The largest absolute Gasteiger partial charge is 0.480 e. The number of carbonyl (C=O) groups is 2. The number of hydrogen-bond acceptors (Lipinski definition) is 5. The number of hydrogen-bond donors (Lipinski definition) is 2. The van der Waals surface area contributed by atoms with Crippen LogP contribution >= 0.6 is 0 Å². The molecule has 1 aromatic carbocycles. The van der Waals surface area contributed by atoms with Crippen molar-refractivity contribution in [2.45, 2.75) is 39.0 Å². The van der Waals surface area contributed by atoms with Crippen LogP contribution in [0.5, 0.6) is 0 Å². The van der Waals surface area contributed by atoms with E-state index in [-0.39, 0.29) is 30.0 Å². The second-order valence-electron chi connectivity index (χ2n) is 6.88. The van der Waals surface area contributed by atoms with Crippen LogP contribution in [-0.2, 0) is 17.5 Å². The minimum absolute atomic E-state index is 0.000279. The minimum Gasteiger partial charge on any atom is -0.480 e. The zero-order valence-corrected chi connectivity index (χ0v) is 15.8. The van der Waals surface area contributed by atoms with Crippen molar-refractivity contribution in [1.29, 1.82) is 0 Å². The minimum atomic E-state index is -4.57. The fourth-order valence-corrected chi connectivity index (χ4v) is 2.99. The Labute approximate surface area is 165 Å². The lowest BCUT2D eigenvalue weighted by Gasteiger charge is -2.25. The molecule has 1 atom stereocenters. The Bertz CT molecular complexity index is 873. The van der Waals surface area contributed by atoms with Crippen molar-refractivity contribution in [2.75, 3.05) is 5.73 Å². The van der Waals surface area contributed by atoms with Crippen LogP contribution in [0.15, 0.2) is 36.8 Å². The van der Waals surface area contributed by atoms with Gasteiger partial charge in [0.05, 0.1) is 11.8 Å². The van der Waals surface area contributed by atoms with Crippen LogP contribution in [0.4, 0.5) is 19.0 Å². The predicted molar refractivity (Wildman–Crippen MR) is 98.6 cm³/mol. The van der Waals surface area contributed by atoms with Gasteiger partial charge in [0.25, 0.3) is 5.91 Å². The smallest absolute Gasteiger partial charge is 0.416 e. The van der Waals surface area contributed by atoms with E-state index >= 15 is 0 Å². The maximum Gasteiger partial charge on any atom is 0.416 e. The molecule has 2 aromatic rings. The molecule has 10 heteroatoms. The number of alkyl halides is 3. The quantitative estimate of drug-likeness (QED) is 0.801. The number of carbonyl (C=O) groups excluding carboxylic acids is 1. The van der Waals surface area contributed by atoms with E-state index in [0.717, 1.165) is 11.0 Å². The summed E-state index contributed by atoms with van der Waals surface area (Å²) in [6, 6.07) is 2.26. The van der Waals surface area contributed by atoms with Crippen LogP contribution in [0, 0.1) is 5.92 Å². The second kappa shape index (κ2) is 8.89. The van der Waals surface area contributed by atoms with Crippen molar-refractivity contribution in [3.63, 3.8) is 0 Å². The third-order valence-corrected chi connectivity index (χ3v) is 4.24. The first-order chi connectivity index (χ1) is 13.5. The highest BCUT2D eigenvalue weighted by atomic mass is 19.4. The van der Waals surface area contributed by atoms with E-state index in [9.17, 15) is 27.9 Å². The van der Waals surface area contributed by atoms with Gasteiger partial charge in [-0.3, -0.25) is 9.78 Å². The van der Waals surface area contributed by atoms with E-state index in [2.05, 4.69) is 9.97 Å². The number of carboxylic acids is 1. The molecule has 0 radical (unpaired) electrons. The number of nitrogen functional groups attached to an aromatic ring is 1. The number of nitrogens with two attached hydrogens (primary N) is 1. The predicted octanol–water partition coefficient (Wildman–Crippen LogP) is 3.22. The van der Waals surface area contributed by atoms with Gasteiger partial charge in [-0.1, -0.05) is 19.9 Å². The number of benzene rings is 1. The molecule has 0 saturated carbocycles. The van der Waals surface area contributed by atoms with Crippen LogP contribution in [0.2, 0.25) is 0 Å². The standard InChI is InChI=1S/C15H16F3NO3.C4H5N3/c1-8(2)6-12(14(21)22)19-7-10-9(13(19)20)4-3-5-11(10)15(16,17)18;5-4-3-6-1-2-7-4/h3-5,8,12H,6-7H2,1-2H3,(H,21,22);1-3H,(H2,5,7)/t12-;/m0./s1. The van der Waals surface area contributed by atoms with E-state index in [1.54, 1.807) is 26.2 Å². The summed E-state index contributed by atoms with van der Waals surface area (Å²) in [6.45, 7) is 3.27. The summed E-state index contributed by atoms with van der Waals surface area (Å²) < 4.78 is 39.1. The van der Waals surface area contributed by atoms with Crippen LogP contribution in [-0.4, -0.2) is 37.9 Å². The van der Waals surface area contributed by atoms with Crippen molar-refractivity contribution >= 4 is 17.7 Å². The van der Waals surface area contributed by atoms with Gasteiger partial charge in [-0.15, -0.1) is 0 Å². The monoisotopic (exact) mass is 410 g/mol. The molecule has 1 amide bonds. The first kappa shape index (κ1) is 22.1. The molecule has 1 aliphatic rings. The van der Waals surface area contributed by atoms with Crippen LogP contribution in [0.3, 0.4) is 0 Å². The molecule has 29 heavy (non-hydrogen) atoms. The number of nitrogens with zero attached hydrogens (tertiary/aromatic N) is 3. The molecule has 156 valence electrons. The van der Waals surface area contributed by atoms with Crippen LogP contribution < -0.4 is 5.73 Å². The number of aromatic nitrogens is 2. The maximum absolute atomic E-state index is 13.0. The molecule has 0 unspecified atom stereocenters. The average molecular weight is 410 g/mol. The topological polar surface area (TPSA) is 109 Å². The highest BCUT2D eigenvalue weighted by Crippen LogP contribution is 2.38. The Balaban J connectivity index is 0.000000360. The van der Waals surface area contributed by atoms with E-state index in [4.69, 9.17) is 5.73 Å². The van der Waals surface area contributed by atoms with Crippen molar-refractivity contribution < 1.29 is 27.9 Å². The molecule has 3 rings (SSSR count). The second-order valence-corrected chi connectivity index (χ2v) is 6.88. The van der Waals surface area contributed by atoms with E-state index in [0.29, 0.717) is 5.82 Å². The summed E-state index contributed by atoms with van der Waals surface area (Å²) in [7, 11) is 0. The van der Waals surface area contributed by atoms with Crippen molar-refractivity contribution in [1.82, 2.24) is 14.9 Å². The van der Waals surface area contributed by atoms with Gasteiger partial charge >= 0.3 is 12.1 Å². The van der Waals surface area contributed by atoms with Gasteiger partial charge < -0.3 is 15.7 Å². The summed E-state index contributed by atoms with van der Waals surface area (Å²) in [6.07, 6.45) is 0.251. The lowest BCUT2D eigenvalue weighted by Crippen LogP contribution is -2.42. The molecule has 7 nitrogen and oxygen atoms in total. The molecule has 0 fully saturated rings. The summed E-state index contributed by atoms with van der Waals surface area (Å²) >= 11 is 0. The molecule has 0 spiro atoms. The fraction of sp³-hybridized carbons (Fsp3) is 0.368. The molecule has 0 aliphatic carbocycles. The molecular formula is C19H21F3N4O3. The molecule has 2 heterocycles. The third-order valence-electron chi connectivity index (χ3n) is 4.24. The van der Waals surface area contributed by atoms with Gasteiger partial charge in [-0.2, -0.15) is 13.2 Å². The van der Waals surface area contributed by atoms with Crippen LogP contribution in [0.25, 0.3) is 0 Å². The highest BCUT2D eigenvalue weighted by molar-refractivity contribution is 6.00. The Hall–Kier alpha value is -3.17. The lowest BCUT2D eigenvalue weighted by atomic mass is 10.0. The summed E-state index contributed by atoms with van der Waals surface area (Å²) in [4.78, 5) is 32.1. The zero-order valence-electron chi connectivity index (χ0n) is 15.8. The maximum atomic E-state index is 13.0. The Morgan fingerprint density at radius 3 is 2.45 bits per heavy atom. The van der Waals surface area contributed by atoms with E-state index in [1.807, 2.05) is 0 Å². The Morgan fingerprint density at radius 2 is 2.00 bits per heavy atom. The van der Waals surface area contributed by atoms with Crippen molar-refractivity contribution in [3.05, 3.63) is 53.5 Å². The number of carboxylic acid groups (broad SMARTS) is 1. The summed E-state index contributed by atoms with van der Waals surface area (Å²) in [5.74, 6) is -1.40. The molecule has 1 aliphatic heterocycles. The number of anilines is 1. The highest BCUT2D eigenvalue weighted by Gasteiger charge is 2.42. The zero-order chi connectivity index (χ0) is 21.8. The first-order valence-corrected chi connectivity index (χ1v) is 8.76. The lowest BCUT2D eigenvalue weighted by molar-refractivity contribution is -0.143. The average Bonchev–Trinajstić information content (AvgIpc) is 2.96. The van der Waals surface area contributed by atoms with Gasteiger partial charge in [0.2, 0.25) is 0 Å². The Kier molecular flexibility index (Phi) is 6.78. The number of aliphatic carboxylic acids is 1. The first-order valence-electron chi connectivity index (χ1n) is 8.76. The van der Waals surface area contributed by atoms with Gasteiger partial charge in [-0.25, -0.2) is 9.78 Å². The summed E-state index contributed by atoms with van der Waals surface area (Å²) in [5.41, 5.74) is 4.10. The third kappa shape index (κ3) is 5.43. The van der Waals surface area contributed by atoms with Gasteiger partial charge in [0, 0.05) is 24.5 Å². The normalized spacial score (nSPS) is 14.3. The van der Waals surface area contributed by atoms with Gasteiger partial charge in [0.1, 0.15) is 11.9 Å².